The van der Waals surface area contributed by atoms with Crippen LogP contribution in [0, 0.1) is 19.3 Å². The van der Waals surface area contributed by atoms with Gasteiger partial charge in [-0.3, -0.25) is 9.69 Å². The monoisotopic (exact) mass is 323 g/mol. The predicted molar refractivity (Wildman–Crippen MR) is 92.8 cm³/mol. The molecule has 1 unspecified atom stereocenters. The molecule has 2 aliphatic rings. The summed E-state index contributed by atoms with van der Waals surface area (Å²) in [5, 5.41) is 6.50. The molecule has 2 heterocycles. The van der Waals surface area contributed by atoms with E-state index in [2.05, 4.69) is 28.5 Å². The van der Waals surface area contributed by atoms with E-state index >= 15 is 0 Å². The number of amides is 1. The number of hydrogen-bond acceptors (Lipinski definition) is 3. The van der Waals surface area contributed by atoms with Crippen LogP contribution in [0.1, 0.15) is 24.0 Å². The van der Waals surface area contributed by atoms with Crippen LogP contribution in [0.15, 0.2) is 18.2 Å². The minimum absolute atomic E-state index is 0. The lowest BCUT2D eigenvalue weighted by Gasteiger charge is -2.22. The molecule has 5 heteroatoms. The van der Waals surface area contributed by atoms with Crippen molar-refractivity contribution in [3.63, 3.8) is 0 Å². The van der Waals surface area contributed by atoms with Crippen LogP contribution < -0.4 is 10.6 Å². The first kappa shape index (κ1) is 17.3. The summed E-state index contributed by atoms with van der Waals surface area (Å²) >= 11 is 0. The molecule has 1 aromatic carbocycles. The van der Waals surface area contributed by atoms with Crippen LogP contribution in [0.5, 0.6) is 0 Å². The number of likely N-dealkylation sites (tertiary alicyclic amines) is 1. The van der Waals surface area contributed by atoms with Crippen LogP contribution in [0.2, 0.25) is 0 Å². The number of benzene rings is 1. The molecule has 1 amide bonds. The molecule has 0 radical (unpaired) electrons. The first-order chi connectivity index (χ1) is 10.1. The normalized spacial score (nSPS) is 24.5. The van der Waals surface area contributed by atoms with Gasteiger partial charge in [-0.05, 0) is 56.8 Å². The van der Waals surface area contributed by atoms with Crippen molar-refractivity contribution in [3.05, 3.63) is 29.3 Å². The highest BCUT2D eigenvalue weighted by atomic mass is 35.5. The highest BCUT2D eigenvalue weighted by molar-refractivity contribution is 5.93. The smallest absolute Gasteiger partial charge is 0.238 e. The molecule has 1 atom stereocenters. The fourth-order valence-corrected chi connectivity index (χ4v) is 3.65. The van der Waals surface area contributed by atoms with Crippen LogP contribution in [0.3, 0.4) is 0 Å². The molecule has 0 saturated carbocycles. The maximum atomic E-state index is 12.2. The molecule has 22 heavy (non-hydrogen) atoms. The minimum atomic E-state index is 0. The Bertz CT molecular complexity index is 541. The van der Waals surface area contributed by atoms with Crippen LogP contribution in [0.25, 0.3) is 0 Å². The number of carbonyl (C=O) groups is 1. The summed E-state index contributed by atoms with van der Waals surface area (Å²) in [6.07, 6.45) is 2.47. The van der Waals surface area contributed by atoms with Crippen LogP contribution in [-0.2, 0) is 4.79 Å². The van der Waals surface area contributed by atoms with Gasteiger partial charge in [0.1, 0.15) is 0 Å². The van der Waals surface area contributed by atoms with E-state index < -0.39 is 0 Å². The molecule has 2 fully saturated rings. The van der Waals surface area contributed by atoms with E-state index in [0.717, 1.165) is 37.4 Å². The maximum absolute atomic E-state index is 12.2. The van der Waals surface area contributed by atoms with Gasteiger partial charge in [-0.25, -0.2) is 0 Å². The molecular formula is C17H26ClN3O. The van der Waals surface area contributed by atoms with E-state index in [4.69, 9.17) is 0 Å². The second kappa shape index (κ2) is 6.99. The summed E-state index contributed by atoms with van der Waals surface area (Å²) in [4.78, 5) is 14.5. The Balaban J connectivity index is 0.00000176. The molecule has 0 bridgehead atoms. The molecule has 0 aromatic heterocycles. The van der Waals surface area contributed by atoms with Crippen molar-refractivity contribution < 1.29 is 4.79 Å². The lowest BCUT2D eigenvalue weighted by Crippen LogP contribution is -2.34. The molecule has 2 N–H and O–H groups in total. The van der Waals surface area contributed by atoms with Crippen molar-refractivity contribution in [2.45, 2.75) is 26.7 Å². The maximum Gasteiger partial charge on any atom is 0.238 e. The van der Waals surface area contributed by atoms with E-state index in [-0.39, 0.29) is 18.3 Å². The zero-order valence-corrected chi connectivity index (χ0v) is 14.3. The summed E-state index contributed by atoms with van der Waals surface area (Å²) in [7, 11) is 0. The second-order valence-corrected chi connectivity index (χ2v) is 6.75. The van der Waals surface area contributed by atoms with E-state index in [0.29, 0.717) is 12.0 Å². The highest BCUT2D eigenvalue weighted by Gasteiger charge is 2.40. The average Bonchev–Trinajstić information content (AvgIpc) is 3.04. The number of halogens is 1. The minimum Gasteiger partial charge on any atom is -0.325 e. The van der Waals surface area contributed by atoms with E-state index in [1.807, 2.05) is 19.1 Å². The summed E-state index contributed by atoms with van der Waals surface area (Å²) in [5.74, 6) is 0.102. The van der Waals surface area contributed by atoms with E-state index in [9.17, 15) is 4.79 Å². The van der Waals surface area contributed by atoms with E-state index in [1.54, 1.807) is 0 Å². The lowest BCUT2D eigenvalue weighted by molar-refractivity contribution is -0.117. The van der Waals surface area contributed by atoms with Crippen LogP contribution in [-0.4, -0.2) is 43.5 Å². The molecular weight excluding hydrogens is 298 g/mol. The molecule has 2 saturated heterocycles. The number of nitrogens with one attached hydrogen (secondary N) is 2. The fourth-order valence-electron chi connectivity index (χ4n) is 3.65. The third kappa shape index (κ3) is 3.80. The largest absolute Gasteiger partial charge is 0.325 e. The Morgan fingerprint density at radius 2 is 2.18 bits per heavy atom. The number of rotatable bonds is 3. The van der Waals surface area contributed by atoms with Gasteiger partial charge in [0.15, 0.2) is 0 Å². The lowest BCUT2D eigenvalue weighted by atomic mass is 9.87. The van der Waals surface area contributed by atoms with Gasteiger partial charge in [0.2, 0.25) is 5.91 Å². The summed E-state index contributed by atoms with van der Waals surface area (Å²) in [5.41, 5.74) is 3.71. The van der Waals surface area contributed by atoms with Gasteiger partial charge in [-0.1, -0.05) is 17.7 Å². The first-order valence-corrected chi connectivity index (χ1v) is 7.87. The molecule has 3 rings (SSSR count). The topological polar surface area (TPSA) is 44.4 Å². The SMILES string of the molecule is Cc1ccc(NC(=O)CN2CCC3(CCNC3)C2)c(C)c1.Cl. The van der Waals surface area contributed by atoms with Gasteiger partial charge in [-0.2, -0.15) is 0 Å². The van der Waals surface area contributed by atoms with Crippen molar-refractivity contribution >= 4 is 24.0 Å². The van der Waals surface area contributed by atoms with Gasteiger partial charge >= 0.3 is 0 Å². The number of anilines is 1. The van der Waals surface area contributed by atoms with Crippen LogP contribution in [0.4, 0.5) is 5.69 Å². The van der Waals surface area contributed by atoms with Gasteiger partial charge in [0.25, 0.3) is 0 Å². The van der Waals surface area contributed by atoms with Crippen molar-refractivity contribution in [1.29, 1.82) is 0 Å². The Hall–Kier alpha value is -1.10. The van der Waals surface area contributed by atoms with Crippen molar-refractivity contribution in [2.24, 2.45) is 5.41 Å². The third-order valence-electron chi connectivity index (χ3n) is 4.87. The molecule has 0 aliphatic carbocycles. The van der Waals surface area contributed by atoms with Crippen molar-refractivity contribution in [2.75, 3.05) is 38.0 Å². The molecule has 4 nitrogen and oxygen atoms in total. The van der Waals surface area contributed by atoms with E-state index in [1.165, 1.54) is 18.4 Å². The highest BCUT2D eigenvalue weighted by Crippen LogP contribution is 2.35. The Labute approximate surface area is 139 Å². The Kier molecular flexibility index (Phi) is 5.48. The zero-order valence-electron chi connectivity index (χ0n) is 13.4. The zero-order chi connectivity index (χ0) is 14.9. The molecule has 1 aromatic rings. The number of carbonyl (C=O) groups excluding carboxylic acids is 1. The predicted octanol–water partition coefficient (Wildman–Crippen LogP) is 2.35. The van der Waals surface area contributed by atoms with Gasteiger partial charge in [0.05, 0.1) is 6.54 Å². The van der Waals surface area contributed by atoms with Gasteiger partial charge in [-0.15, -0.1) is 12.4 Å². The standard InChI is InChI=1S/C17H25N3O.ClH/c1-13-3-4-15(14(2)9-13)19-16(21)10-20-8-6-17(12-20)5-7-18-11-17;/h3-4,9,18H,5-8,10-12H2,1-2H3,(H,19,21);1H. The first-order valence-electron chi connectivity index (χ1n) is 7.87. The summed E-state index contributed by atoms with van der Waals surface area (Å²) < 4.78 is 0. The second-order valence-electron chi connectivity index (χ2n) is 6.75. The van der Waals surface area contributed by atoms with Crippen molar-refractivity contribution in [1.82, 2.24) is 10.2 Å². The Morgan fingerprint density at radius 3 is 2.86 bits per heavy atom. The van der Waals surface area contributed by atoms with Gasteiger partial charge < -0.3 is 10.6 Å². The van der Waals surface area contributed by atoms with Gasteiger partial charge in [0, 0.05) is 18.8 Å². The third-order valence-corrected chi connectivity index (χ3v) is 4.87. The van der Waals surface area contributed by atoms with Crippen LogP contribution >= 0.6 is 12.4 Å². The molecule has 2 aliphatic heterocycles. The Morgan fingerprint density at radius 1 is 1.36 bits per heavy atom. The summed E-state index contributed by atoms with van der Waals surface area (Å²) in [6, 6.07) is 6.14. The molecule has 1 spiro atoms. The van der Waals surface area contributed by atoms with Crippen molar-refractivity contribution in [3.8, 4) is 0 Å². The average molecular weight is 324 g/mol. The number of aryl methyl sites for hydroxylation is 2. The number of hydrogen-bond donors (Lipinski definition) is 2. The number of nitrogens with zero attached hydrogens (tertiary/aromatic N) is 1. The summed E-state index contributed by atoms with van der Waals surface area (Å²) in [6.45, 7) is 8.96. The molecule has 122 valence electrons. The quantitative estimate of drug-likeness (QED) is 0.897. The fraction of sp³-hybridized carbons (Fsp3) is 0.588.